The van der Waals surface area contributed by atoms with Crippen molar-refractivity contribution in [1.29, 1.82) is 0 Å². The summed E-state index contributed by atoms with van der Waals surface area (Å²) < 4.78 is 1.86. The zero-order valence-corrected chi connectivity index (χ0v) is 15.7. The lowest BCUT2D eigenvalue weighted by molar-refractivity contribution is -0.111. The van der Waals surface area contributed by atoms with Crippen molar-refractivity contribution in [1.82, 2.24) is 14.8 Å². The molecule has 1 amide bonds. The number of nitrogens with zero attached hydrogens (tertiary/aromatic N) is 2. The number of aromatic nitrogens is 3. The molecule has 2 heterocycles. The van der Waals surface area contributed by atoms with Gasteiger partial charge in [0, 0.05) is 40.8 Å². The van der Waals surface area contributed by atoms with Crippen LogP contribution in [-0.4, -0.2) is 20.7 Å². The largest absolute Gasteiger partial charge is 0.366 e. The molecule has 0 aliphatic carbocycles. The summed E-state index contributed by atoms with van der Waals surface area (Å²) in [6.07, 6.45) is 6.05. The van der Waals surface area contributed by atoms with Gasteiger partial charge >= 0.3 is 0 Å². The summed E-state index contributed by atoms with van der Waals surface area (Å²) in [5, 5.41) is 7.79. The molecule has 0 atom stereocenters. The Morgan fingerprint density at radius 1 is 1.30 bits per heavy atom. The molecule has 0 spiro atoms. The zero-order valence-electron chi connectivity index (χ0n) is 15.0. The number of rotatable bonds is 5. The smallest absolute Gasteiger partial charge is 0.248 e. The van der Waals surface area contributed by atoms with Gasteiger partial charge in [0.15, 0.2) is 0 Å². The number of hydrogen-bond acceptors (Lipinski definition) is 3. The first kappa shape index (κ1) is 18.7. The molecular formula is C20H19ClN4O2. The number of aromatic amines is 1. The Hall–Kier alpha value is -3.12. The van der Waals surface area contributed by atoms with E-state index in [1.54, 1.807) is 6.08 Å². The Labute approximate surface area is 161 Å². The molecule has 6 nitrogen and oxygen atoms in total. The van der Waals surface area contributed by atoms with Gasteiger partial charge in [-0.1, -0.05) is 29.8 Å². The van der Waals surface area contributed by atoms with E-state index in [0.29, 0.717) is 11.6 Å². The van der Waals surface area contributed by atoms with E-state index in [1.807, 2.05) is 42.8 Å². The lowest BCUT2D eigenvalue weighted by Gasteiger charge is -2.06. The summed E-state index contributed by atoms with van der Waals surface area (Å²) in [5.74, 6) is -0.385. The molecule has 2 aromatic heterocycles. The van der Waals surface area contributed by atoms with Crippen molar-refractivity contribution in [2.24, 2.45) is 0 Å². The van der Waals surface area contributed by atoms with E-state index in [0.717, 1.165) is 22.5 Å². The summed E-state index contributed by atoms with van der Waals surface area (Å²) in [4.78, 5) is 26.5. The molecule has 1 aromatic carbocycles. The summed E-state index contributed by atoms with van der Waals surface area (Å²) >= 11 is 6.23. The van der Waals surface area contributed by atoms with Crippen LogP contribution in [-0.2, 0) is 11.3 Å². The highest BCUT2D eigenvalue weighted by Gasteiger charge is 2.11. The number of carbonyl (C=O) groups is 1. The fourth-order valence-electron chi connectivity index (χ4n) is 2.74. The van der Waals surface area contributed by atoms with Gasteiger partial charge in [0.25, 0.3) is 0 Å². The summed E-state index contributed by atoms with van der Waals surface area (Å²) in [6.45, 7) is 4.37. The van der Waals surface area contributed by atoms with Gasteiger partial charge in [-0.15, -0.1) is 0 Å². The average Bonchev–Trinajstić information content (AvgIpc) is 2.90. The number of H-pyrrole nitrogens is 1. The number of aryl methyl sites for hydroxylation is 1. The molecule has 0 saturated heterocycles. The summed E-state index contributed by atoms with van der Waals surface area (Å²) in [6, 6.07) is 8.98. The third-order valence-electron chi connectivity index (χ3n) is 4.20. The Bertz CT molecular complexity index is 1070. The quantitative estimate of drug-likeness (QED) is 0.662. The van der Waals surface area contributed by atoms with Gasteiger partial charge in [-0.05, 0) is 31.6 Å². The number of nitrogens with one attached hydrogen (secondary N) is 2. The second-order valence-electron chi connectivity index (χ2n) is 6.08. The number of carbonyl (C=O) groups excluding carboxylic acids is 1. The van der Waals surface area contributed by atoms with E-state index in [1.165, 1.54) is 24.5 Å². The van der Waals surface area contributed by atoms with Crippen LogP contribution in [0.4, 0.5) is 5.69 Å². The predicted octanol–water partition coefficient (Wildman–Crippen LogP) is 3.54. The highest BCUT2D eigenvalue weighted by molar-refractivity contribution is 6.31. The van der Waals surface area contributed by atoms with Gasteiger partial charge in [0.1, 0.15) is 5.69 Å². The molecule has 0 radical (unpaired) electrons. The lowest BCUT2D eigenvalue weighted by atomic mass is 10.1. The standard InChI is InChI=1S/C20H19ClN4O2/c1-13-16(7-8-20(27)23-18-11-22-10-9-19(18)26)14(2)25(24-13)12-15-5-3-4-6-17(15)21/h3-11H,12H2,1-2H3,(H,22,26)(H,23,27)/b8-7+. The van der Waals surface area contributed by atoms with E-state index in [9.17, 15) is 9.59 Å². The minimum Gasteiger partial charge on any atom is -0.366 e. The highest BCUT2D eigenvalue weighted by Crippen LogP contribution is 2.20. The second-order valence-corrected chi connectivity index (χ2v) is 6.49. The molecule has 0 aliphatic heterocycles. The second kappa shape index (κ2) is 8.05. The van der Waals surface area contributed by atoms with Crippen molar-refractivity contribution in [3.63, 3.8) is 0 Å². The van der Waals surface area contributed by atoms with Crippen molar-refractivity contribution in [2.75, 3.05) is 5.32 Å². The SMILES string of the molecule is Cc1nn(Cc2ccccc2Cl)c(C)c1/C=C/C(=O)Nc1c[nH]ccc1=O. The predicted molar refractivity (Wildman–Crippen MR) is 107 cm³/mol. The average molecular weight is 383 g/mol. The monoisotopic (exact) mass is 382 g/mol. The van der Waals surface area contributed by atoms with Gasteiger partial charge < -0.3 is 10.3 Å². The van der Waals surface area contributed by atoms with E-state index in [-0.39, 0.29) is 17.0 Å². The molecular weight excluding hydrogens is 364 g/mol. The third-order valence-corrected chi connectivity index (χ3v) is 4.57. The number of anilines is 1. The number of halogens is 1. The van der Waals surface area contributed by atoms with E-state index < -0.39 is 0 Å². The van der Waals surface area contributed by atoms with Crippen LogP contribution in [0, 0.1) is 13.8 Å². The third kappa shape index (κ3) is 4.35. The van der Waals surface area contributed by atoms with Crippen LogP contribution in [0.25, 0.3) is 6.08 Å². The molecule has 0 fully saturated rings. The van der Waals surface area contributed by atoms with Crippen molar-refractivity contribution in [3.8, 4) is 0 Å². The van der Waals surface area contributed by atoms with E-state index >= 15 is 0 Å². The van der Waals surface area contributed by atoms with Crippen molar-refractivity contribution >= 4 is 29.3 Å². The van der Waals surface area contributed by atoms with Crippen molar-refractivity contribution < 1.29 is 4.79 Å². The number of pyridine rings is 1. The minimum absolute atomic E-state index is 0.204. The van der Waals surface area contributed by atoms with Gasteiger partial charge in [0.2, 0.25) is 11.3 Å². The minimum atomic E-state index is -0.385. The number of benzene rings is 1. The van der Waals surface area contributed by atoms with Crippen LogP contribution in [0.3, 0.4) is 0 Å². The number of amides is 1. The molecule has 2 N–H and O–H groups in total. The molecule has 0 unspecified atom stereocenters. The van der Waals surface area contributed by atoms with Crippen LogP contribution in [0.1, 0.15) is 22.5 Å². The Morgan fingerprint density at radius 3 is 2.81 bits per heavy atom. The number of hydrogen-bond donors (Lipinski definition) is 2. The van der Waals surface area contributed by atoms with Crippen LogP contribution in [0.2, 0.25) is 5.02 Å². The maximum Gasteiger partial charge on any atom is 0.248 e. The van der Waals surface area contributed by atoms with E-state index in [2.05, 4.69) is 15.4 Å². The van der Waals surface area contributed by atoms with E-state index in [4.69, 9.17) is 11.6 Å². The first-order valence-electron chi connectivity index (χ1n) is 8.39. The maximum atomic E-state index is 12.1. The molecule has 138 valence electrons. The molecule has 3 rings (SSSR count). The van der Waals surface area contributed by atoms with Crippen LogP contribution in [0.15, 0.2) is 53.6 Å². The highest BCUT2D eigenvalue weighted by atomic mass is 35.5. The maximum absolute atomic E-state index is 12.1. The molecule has 3 aromatic rings. The Balaban J connectivity index is 1.77. The first-order chi connectivity index (χ1) is 13.0. The summed E-state index contributed by atoms with van der Waals surface area (Å²) in [5.41, 5.74) is 3.51. The van der Waals surface area contributed by atoms with Gasteiger partial charge in [-0.3, -0.25) is 14.3 Å². The van der Waals surface area contributed by atoms with Crippen LogP contribution < -0.4 is 10.7 Å². The normalized spacial score (nSPS) is 11.1. The fraction of sp³-hybridized carbons (Fsp3) is 0.150. The summed E-state index contributed by atoms with van der Waals surface area (Å²) in [7, 11) is 0. The molecule has 0 bridgehead atoms. The first-order valence-corrected chi connectivity index (χ1v) is 8.77. The van der Waals surface area contributed by atoms with Gasteiger partial charge in [0.05, 0.1) is 12.2 Å². The van der Waals surface area contributed by atoms with Crippen LogP contribution in [0.5, 0.6) is 0 Å². The fourth-order valence-corrected chi connectivity index (χ4v) is 2.94. The van der Waals surface area contributed by atoms with Gasteiger partial charge in [-0.2, -0.15) is 5.10 Å². The molecule has 0 saturated carbocycles. The zero-order chi connectivity index (χ0) is 19.4. The Kier molecular flexibility index (Phi) is 5.57. The Morgan fingerprint density at radius 2 is 2.07 bits per heavy atom. The molecule has 0 aliphatic rings. The molecule has 27 heavy (non-hydrogen) atoms. The lowest BCUT2D eigenvalue weighted by Crippen LogP contribution is -2.15. The molecule has 7 heteroatoms. The van der Waals surface area contributed by atoms with Gasteiger partial charge in [-0.25, -0.2) is 0 Å². The van der Waals surface area contributed by atoms with Crippen molar-refractivity contribution in [2.45, 2.75) is 20.4 Å². The topological polar surface area (TPSA) is 79.8 Å². The van der Waals surface area contributed by atoms with Crippen molar-refractivity contribution in [3.05, 3.63) is 86.6 Å². The van der Waals surface area contributed by atoms with Crippen LogP contribution >= 0.6 is 11.6 Å².